The Bertz CT molecular complexity index is 1080. The van der Waals surface area contributed by atoms with Crippen molar-refractivity contribution in [3.05, 3.63) is 46.3 Å². The lowest BCUT2D eigenvalue weighted by molar-refractivity contribution is -0.0392. The Labute approximate surface area is 173 Å². The third kappa shape index (κ3) is 4.46. The predicted molar refractivity (Wildman–Crippen MR) is 103 cm³/mol. The number of ether oxygens (including phenoxy) is 1. The summed E-state index contributed by atoms with van der Waals surface area (Å²) < 4.78 is 98.0. The van der Waals surface area contributed by atoms with E-state index in [4.69, 9.17) is 4.74 Å². The van der Waals surface area contributed by atoms with Gasteiger partial charge >= 0.3 is 5.51 Å². The minimum absolute atomic E-state index is 0.0735. The van der Waals surface area contributed by atoms with Crippen LogP contribution in [0.3, 0.4) is 0 Å². The van der Waals surface area contributed by atoms with Crippen molar-refractivity contribution in [2.24, 2.45) is 0 Å². The third-order valence-electron chi connectivity index (χ3n) is 4.16. The number of sulfonamides is 1. The second-order valence-corrected chi connectivity index (χ2v) is 12.8. The molecule has 1 unspecified atom stereocenters. The molecule has 14 heteroatoms. The van der Waals surface area contributed by atoms with E-state index in [0.29, 0.717) is 11.3 Å². The Kier molecular flexibility index (Phi) is 6.17. The van der Waals surface area contributed by atoms with Gasteiger partial charge < -0.3 is 10.1 Å². The van der Waals surface area contributed by atoms with E-state index in [1.54, 1.807) is 4.13 Å². The first-order valence-electron chi connectivity index (χ1n) is 8.18. The van der Waals surface area contributed by atoms with Crippen molar-refractivity contribution < 1.29 is 39.9 Å². The number of hydrogen-bond acceptors (Lipinski definition) is 5. The molecule has 2 N–H and O–H groups in total. The van der Waals surface area contributed by atoms with Gasteiger partial charge in [-0.3, -0.25) is 4.79 Å². The highest BCUT2D eigenvalue weighted by molar-refractivity contribution is 8.37. The van der Waals surface area contributed by atoms with E-state index in [9.17, 15) is 35.2 Å². The Morgan fingerprint density at radius 1 is 1.20 bits per heavy atom. The lowest BCUT2D eigenvalue weighted by Gasteiger charge is -2.35. The summed E-state index contributed by atoms with van der Waals surface area (Å²) in [4.78, 5) is 12.6. The number of halogens is 5. The SMILES string of the molecule is Cc1sc(S(=O)(=O)NS2(C(F)(F)F)CCOC2)cc1C(=O)Nc1ccc(F)c(F)c1. The number of rotatable bonds is 5. The lowest BCUT2D eigenvalue weighted by Crippen LogP contribution is -2.38. The summed E-state index contributed by atoms with van der Waals surface area (Å²) in [5, 5.41) is 2.29. The van der Waals surface area contributed by atoms with Crippen LogP contribution in [-0.4, -0.2) is 38.1 Å². The first kappa shape index (κ1) is 22.9. The zero-order valence-corrected chi connectivity index (χ0v) is 17.6. The molecule has 0 radical (unpaired) electrons. The maximum absolute atomic E-state index is 13.5. The zero-order chi connectivity index (χ0) is 22.3. The molecule has 30 heavy (non-hydrogen) atoms. The first-order valence-corrected chi connectivity index (χ1v) is 12.4. The molecular weight excluding hydrogens is 475 g/mol. The second-order valence-electron chi connectivity index (χ2n) is 6.26. The molecule has 0 saturated carbocycles. The van der Waals surface area contributed by atoms with Crippen LogP contribution in [0.1, 0.15) is 15.2 Å². The highest BCUT2D eigenvalue weighted by Crippen LogP contribution is 2.61. The van der Waals surface area contributed by atoms with E-state index < -0.39 is 59.2 Å². The number of carbonyl (C=O) groups excluding carboxylic acids is 1. The molecule has 1 fully saturated rings. The van der Waals surface area contributed by atoms with Gasteiger partial charge in [0.05, 0.1) is 18.1 Å². The van der Waals surface area contributed by atoms with Crippen molar-refractivity contribution in [3.63, 3.8) is 0 Å². The summed E-state index contributed by atoms with van der Waals surface area (Å²) in [6.07, 6.45) is 0. The van der Waals surface area contributed by atoms with Crippen molar-refractivity contribution in [2.75, 3.05) is 23.6 Å². The monoisotopic (exact) mass is 490 g/mol. The normalized spacial score (nSPS) is 21.9. The van der Waals surface area contributed by atoms with Gasteiger partial charge in [-0.2, -0.15) is 17.3 Å². The second kappa shape index (κ2) is 8.07. The molecular formula is C16H15F5N2O4S3. The molecule has 1 amide bonds. The van der Waals surface area contributed by atoms with E-state index in [1.165, 1.54) is 6.92 Å². The van der Waals surface area contributed by atoms with Gasteiger partial charge in [-0.1, -0.05) is 10.2 Å². The summed E-state index contributed by atoms with van der Waals surface area (Å²) in [5.74, 6) is -4.40. The molecule has 2 heterocycles. The van der Waals surface area contributed by atoms with E-state index in [-0.39, 0.29) is 22.7 Å². The van der Waals surface area contributed by atoms with Crippen LogP contribution in [-0.2, 0) is 14.8 Å². The quantitative estimate of drug-likeness (QED) is 0.619. The molecule has 1 atom stereocenters. The molecule has 0 bridgehead atoms. The van der Waals surface area contributed by atoms with E-state index in [2.05, 4.69) is 5.32 Å². The molecule has 1 saturated heterocycles. The molecule has 1 aliphatic rings. The van der Waals surface area contributed by atoms with Gasteiger partial charge in [-0.15, -0.1) is 11.3 Å². The molecule has 6 nitrogen and oxygen atoms in total. The fourth-order valence-corrected chi connectivity index (χ4v) is 8.93. The molecule has 1 aliphatic heterocycles. The van der Waals surface area contributed by atoms with Crippen LogP contribution in [0, 0.1) is 18.6 Å². The number of hydrogen-bond donors (Lipinski definition) is 2. The van der Waals surface area contributed by atoms with Crippen LogP contribution in [0.15, 0.2) is 28.5 Å². The molecule has 0 aliphatic carbocycles. The van der Waals surface area contributed by atoms with Crippen molar-refractivity contribution in [2.45, 2.75) is 16.6 Å². The Morgan fingerprint density at radius 2 is 1.90 bits per heavy atom. The third-order valence-corrected chi connectivity index (χ3v) is 11.0. The minimum atomic E-state index is -4.80. The largest absolute Gasteiger partial charge is 0.440 e. The van der Waals surface area contributed by atoms with Crippen molar-refractivity contribution in [1.82, 2.24) is 4.13 Å². The molecule has 3 rings (SSSR count). The fraction of sp³-hybridized carbons (Fsp3) is 0.312. The summed E-state index contributed by atoms with van der Waals surface area (Å²) in [6.45, 7) is 1.19. The van der Waals surface area contributed by atoms with E-state index in [0.717, 1.165) is 24.3 Å². The highest BCUT2D eigenvalue weighted by atomic mass is 32.3. The van der Waals surface area contributed by atoms with Crippen LogP contribution in [0.5, 0.6) is 0 Å². The fourth-order valence-electron chi connectivity index (χ4n) is 2.59. The van der Waals surface area contributed by atoms with Crippen molar-refractivity contribution >= 4 is 43.2 Å². The van der Waals surface area contributed by atoms with Gasteiger partial charge in [0, 0.05) is 22.4 Å². The lowest BCUT2D eigenvalue weighted by atomic mass is 10.2. The summed E-state index contributed by atoms with van der Waals surface area (Å²) in [5.41, 5.74) is -4.99. The van der Waals surface area contributed by atoms with E-state index in [1.807, 2.05) is 0 Å². The maximum Gasteiger partial charge on any atom is 0.440 e. The Balaban J connectivity index is 1.85. The van der Waals surface area contributed by atoms with Crippen LogP contribution < -0.4 is 9.44 Å². The number of anilines is 1. The number of nitrogens with one attached hydrogen (secondary N) is 2. The smallest absolute Gasteiger partial charge is 0.370 e. The van der Waals surface area contributed by atoms with Crippen LogP contribution in [0.4, 0.5) is 27.6 Å². The number of carbonyl (C=O) groups is 1. The number of benzene rings is 1. The number of alkyl halides is 3. The summed E-state index contributed by atoms with van der Waals surface area (Å²) in [6, 6.07) is 3.59. The maximum atomic E-state index is 13.5. The van der Waals surface area contributed by atoms with Gasteiger partial charge in [0.15, 0.2) is 11.6 Å². The Morgan fingerprint density at radius 3 is 2.47 bits per heavy atom. The standard InChI is InChI=1S/C16H15F5N2O4S3/c1-9-11(15(24)22-10-2-3-12(17)13(18)6-10)7-14(28-9)30(25,26)23-29(16(19,20)21)5-4-27-8-29/h2-3,6-7,23H,4-5,8H2,1H3,(H,22,24). The van der Waals surface area contributed by atoms with Crippen LogP contribution >= 0.6 is 21.6 Å². The molecule has 1 aromatic heterocycles. The number of thiophene rings is 1. The summed E-state index contributed by atoms with van der Waals surface area (Å²) in [7, 11) is -8.39. The minimum Gasteiger partial charge on any atom is -0.370 e. The zero-order valence-electron chi connectivity index (χ0n) is 15.2. The molecule has 0 spiro atoms. The van der Waals surface area contributed by atoms with Gasteiger partial charge in [0.2, 0.25) is 0 Å². The summed E-state index contributed by atoms with van der Waals surface area (Å²) >= 11 is 0.618. The van der Waals surface area contributed by atoms with Crippen molar-refractivity contribution in [3.8, 4) is 0 Å². The van der Waals surface area contributed by atoms with Gasteiger partial charge in [0.25, 0.3) is 15.9 Å². The molecule has 1 aromatic carbocycles. The average molecular weight is 490 g/mol. The predicted octanol–water partition coefficient (Wildman–Crippen LogP) is 4.09. The highest BCUT2D eigenvalue weighted by Gasteiger charge is 2.55. The van der Waals surface area contributed by atoms with E-state index >= 15 is 0 Å². The molecule has 166 valence electrons. The first-order chi connectivity index (χ1) is 13.8. The van der Waals surface area contributed by atoms with Crippen LogP contribution in [0.25, 0.3) is 0 Å². The molecule has 2 aromatic rings. The average Bonchev–Trinajstić information content (AvgIpc) is 3.25. The van der Waals surface area contributed by atoms with Crippen molar-refractivity contribution in [1.29, 1.82) is 0 Å². The number of aryl methyl sites for hydroxylation is 1. The number of amides is 1. The topological polar surface area (TPSA) is 84.5 Å². The van der Waals surface area contributed by atoms with Gasteiger partial charge in [-0.25, -0.2) is 17.2 Å². The van der Waals surface area contributed by atoms with Crippen LogP contribution in [0.2, 0.25) is 0 Å². The van der Waals surface area contributed by atoms with Gasteiger partial charge in [0.1, 0.15) is 4.21 Å². The Hall–Kier alpha value is -1.74. The van der Waals surface area contributed by atoms with Gasteiger partial charge in [-0.05, 0) is 25.1 Å².